The highest BCUT2D eigenvalue weighted by atomic mass is 16.5. The quantitative estimate of drug-likeness (QED) is 0.784. The van der Waals surface area contributed by atoms with E-state index < -0.39 is 5.54 Å². The molecule has 0 heterocycles. The summed E-state index contributed by atoms with van der Waals surface area (Å²) in [7, 11) is 1.46. The molecule has 0 saturated heterocycles. The number of carbonyl (C=O) groups is 1. The van der Waals surface area contributed by atoms with Gasteiger partial charge in [-0.05, 0) is 51.3 Å². The maximum atomic E-state index is 12.2. The molecule has 0 aromatic heterocycles. The Labute approximate surface area is 127 Å². The van der Waals surface area contributed by atoms with Gasteiger partial charge in [0.2, 0.25) is 0 Å². The predicted molar refractivity (Wildman–Crippen MR) is 85.6 cm³/mol. The smallest absolute Gasteiger partial charge is 0.327 e. The number of methoxy groups -OCH3 is 1. The molecule has 0 aliphatic heterocycles. The molecule has 1 N–H and O–H groups in total. The van der Waals surface area contributed by atoms with E-state index >= 15 is 0 Å². The van der Waals surface area contributed by atoms with Crippen LogP contribution in [0.2, 0.25) is 0 Å². The first-order chi connectivity index (χ1) is 9.98. The summed E-state index contributed by atoms with van der Waals surface area (Å²) in [6.45, 7) is 7.59. The molecular weight excluding hydrogens is 264 g/mol. The average molecular weight is 290 g/mol. The zero-order chi connectivity index (χ0) is 15.5. The molecule has 1 aromatic rings. The summed E-state index contributed by atoms with van der Waals surface area (Å²) >= 11 is 0. The van der Waals surface area contributed by atoms with E-state index in [0.717, 1.165) is 25.1 Å². The number of hydrogen-bond donors (Lipinski definition) is 1. The van der Waals surface area contributed by atoms with Gasteiger partial charge < -0.3 is 9.64 Å². The van der Waals surface area contributed by atoms with Crippen molar-refractivity contribution >= 4 is 11.7 Å². The van der Waals surface area contributed by atoms with Gasteiger partial charge in [0.15, 0.2) is 0 Å². The van der Waals surface area contributed by atoms with Crippen molar-refractivity contribution in [3.63, 3.8) is 0 Å². The monoisotopic (exact) mass is 290 g/mol. The zero-order valence-electron chi connectivity index (χ0n) is 13.5. The molecule has 116 valence electrons. The first-order valence-electron chi connectivity index (χ1n) is 7.66. The van der Waals surface area contributed by atoms with Gasteiger partial charge in [-0.25, -0.2) is 4.79 Å². The highest BCUT2D eigenvalue weighted by Crippen LogP contribution is 2.25. The first kappa shape index (κ1) is 15.8. The van der Waals surface area contributed by atoms with Gasteiger partial charge in [0.25, 0.3) is 0 Å². The van der Waals surface area contributed by atoms with Crippen molar-refractivity contribution in [2.75, 3.05) is 25.1 Å². The largest absolute Gasteiger partial charge is 0.468 e. The molecule has 4 nitrogen and oxygen atoms in total. The van der Waals surface area contributed by atoms with Crippen molar-refractivity contribution in [3.8, 4) is 0 Å². The first-order valence-corrected chi connectivity index (χ1v) is 7.66. The van der Waals surface area contributed by atoms with Crippen LogP contribution in [-0.2, 0) is 9.53 Å². The number of benzene rings is 1. The molecule has 21 heavy (non-hydrogen) atoms. The molecule has 4 heteroatoms. The van der Waals surface area contributed by atoms with Crippen LogP contribution in [-0.4, -0.2) is 37.7 Å². The van der Waals surface area contributed by atoms with Crippen LogP contribution < -0.4 is 10.2 Å². The Kier molecular flexibility index (Phi) is 4.88. The number of hydrogen-bond acceptors (Lipinski definition) is 4. The highest BCUT2D eigenvalue weighted by Gasteiger charge is 2.40. The number of nitrogens with one attached hydrogen (secondary N) is 1. The third kappa shape index (κ3) is 3.97. The minimum Gasteiger partial charge on any atom is -0.468 e. The molecule has 0 amide bonds. The van der Waals surface area contributed by atoms with E-state index in [0.29, 0.717) is 12.6 Å². The number of carbonyl (C=O) groups excluding carboxylic acids is 1. The fourth-order valence-corrected chi connectivity index (χ4v) is 2.66. The Morgan fingerprint density at radius 1 is 1.48 bits per heavy atom. The molecule has 1 atom stereocenters. The molecule has 1 fully saturated rings. The zero-order valence-corrected chi connectivity index (χ0v) is 13.5. The van der Waals surface area contributed by atoms with E-state index in [-0.39, 0.29) is 5.97 Å². The number of rotatable bonds is 7. The van der Waals surface area contributed by atoms with Crippen LogP contribution in [0, 0.1) is 6.92 Å². The number of ether oxygens (including phenoxy) is 1. The summed E-state index contributed by atoms with van der Waals surface area (Å²) in [5.74, 6) is -0.194. The fourth-order valence-electron chi connectivity index (χ4n) is 2.66. The van der Waals surface area contributed by atoms with Crippen molar-refractivity contribution < 1.29 is 9.53 Å². The van der Waals surface area contributed by atoms with Gasteiger partial charge in [0.05, 0.1) is 7.11 Å². The van der Waals surface area contributed by atoms with E-state index in [4.69, 9.17) is 4.74 Å². The van der Waals surface area contributed by atoms with Gasteiger partial charge in [0.1, 0.15) is 5.54 Å². The predicted octanol–water partition coefficient (Wildman–Crippen LogP) is 2.51. The maximum Gasteiger partial charge on any atom is 0.327 e. The second kappa shape index (κ2) is 6.48. The second-order valence-corrected chi connectivity index (χ2v) is 6.10. The van der Waals surface area contributed by atoms with Crippen molar-refractivity contribution in [1.82, 2.24) is 5.32 Å². The van der Waals surface area contributed by atoms with Crippen molar-refractivity contribution in [2.24, 2.45) is 0 Å². The molecule has 1 aliphatic rings. The minimum absolute atomic E-state index is 0.194. The van der Waals surface area contributed by atoms with Crippen LogP contribution in [0.4, 0.5) is 5.69 Å². The number of anilines is 1. The number of aryl methyl sites for hydroxylation is 1. The van der Waals surface area contributed by atoms with Crippen molar-refractivity contribution in [3.05, 3.63) is 29.8 Å². The molecular formula is C17H26N2O2. The topological polar surface area (TPSA) is 41.6 Å². The van der Waals surface area contributed by atoms with E-state index in [1.807, 2.05) is 6.92 Å². The summed E-state index contributed by atoms with van der Waals surface area (Å²) in [6, 6.07) is 8.82. The van der Waals surface area contributed by atoms with Crippen LogP contribution in [0.25, 0.3) is 0 Å². The number of likely N-dealkylation sites (N-methyl/N-ethyl adjacent to an activating group) is 1. The molecule has 1 saturated carbocycles. The van der Waals surface area contributed by atoms with Gasteiger partial charge in [-0.15, -0.1) is 0 Å². The van der Waals surface area contributed by atoms with Crippen LogP contribution in [0.5, 0.6) is 0 Å². The summed E-state index contributed by atoms with van der Waals surface area (Å²) in [5.41, 5.74) is 1.70. The van der Waals surface area contributed by atoms with Crippen molar-refractivity contribution in [1.29, 1.82) is 0 Å². The lowest BCUT2D eigenvalue weighted by molar-refractivity contribution is -0.147. The van der Waals surface area contributed by atoms with Gasteiger partial charge in [0, 0.05) is 24.8 Å². The molecule has 1 aromatic carbocycles. The molecule has 0 bridgehead atoms. The minimum atomic E-state index is -0.671. The average Bonchev–Trinajstić information content (AvgIpc) is 3.27. The Morgan fingerprint density at radius 3 is 2.71 bits per heavy atom. The SMILES string of the molecule is CCN(CC(C)(NC1CC1)C(=O)OC)c1cccc(C)c1. The molecule has 2 rings (SSSR count). The van der Waals surface area contributed by atoms with E-state index in [2.05, 4.69) is 48.3 Å². The van der Waals surface area contributed by atoms with Crippen LogP contribution in [0.15, 0.2) is 24.3 Å². The normalized spacial score (nSPS) is 17.1. The summed E-state index contributed by atoms with van der Waals surface area (Å²) in [4.78, 5) is 14.5. The van der Waals surface area contributed by atoms with E-state index in [1.165, 1.54) is 12.7 Å². The third-order valence-corrected chi connectivity index (χ3v) is 3.99. The van der Waals surface area contributed by atoms with Crippen molar-refractivity contribution in [2.45, 2.75) is 45.2 Å². The van der Waals surface area contributed by atoms with Crippen LogP contribution in [0.3, 0.4) is 0 Å². The maximum absolute atomic E-state index is 12.2. The van der Waals surface area contributed by atoms with Crippen LogP contribution >= 0.6 is 0 Å². The van der Waals surface area contributed by atoms with Gasteiger partial charge in [-0.3, -0.25) is 5.32 Å². The second-order valence-electron chi connectivity index (χ2n) is 6.10. The lowest BCUT2D eigenvalue weighted by Gasteiger charge is -2.35. The fraction of sp³-hybridized carbons (Fsp3) is 0.588. The molecule has 1 unspecified atom stereocenters. The van der Waals surface area contributed by atoms with Gasteiger partial charge in [-0.2, -0.15) is 0 Å². The Morgan fingerprint density at radius 2 is 2.19 bits per heavy atom. The molecule has 0 spiro atoms. The lowest BCUT2D eigenvalue weighted by Crippen LogP contribution is -2.58. The third-order valence-electron chi connectivity index (χ3n) is 3.99. The van der Waals surface area contributed by atoms with E-state index in [1.54, 1.807) is 0 Å². The summed E-state index contributed by atoms with van der Waals surface area (Å²) in [5, 5.41) is 3.45. The lowest BCUT2D eigenvalue weighted by atomic mass is 10.0. The summed E-state index contributed by atoms with van der Waals surface area (Å²) in [6.07, 6.45) is 2.28. The standard InChI is InChI=1S/C17H26N2O2/c1-5-19(15-8-6-7-13(2)11-15)12-17(3,16(20)21-4)18-14-9-10-14/h6-8,11,14,18H,5,9-10,12H2,1-4H3. The number of esters is 1. The van der Waals surface area contributed by atoms with Gasteiger partial charge in [-0.1, -0.05) is 12.1 Å². The number of nitrogens with zero attached hydrogens (tertiary/aromatic N) is 1. The van der Waals surface area contributed by atoms with Crippen LogP contribution in [0.1, 0.15) is 32.3 Å². The van der Waals surface area contributed by atoms with E-state index in [9.17, 15) is 4.79 Å². The Bertz CT molecular complexity index is 499. The van der Waals surface area contributed by atoms with Gasteiger partial charge >= 0.3 is 5.97 Å². The summed E-state index contributed by atoms with van der Waals surface area (Å²) < 4.78 is 5.02. The molecule has 0 radical (unpaired) electrons. The molecule has 1 aliphatic carbocycles. The Hall–Kier alpha value is -1.55. The Balaban J connectivity index is 2.18. The highest BCUT2D eigenvalue weighted by molar-refractivity contribution is 5.81.